The van der Waals surface area contributed by atoms with Crippen LogP contribution >= 0.6 is 12.6 Å². The Morgan fingerprint density at radius 2 is 1.32 bits per heavy atom. The van der Waals surface area contributed by atoms with Gasteiger partial charge in [0.25, 0.3) is 0 Å². The zero-order valence-electron chi connectivity index (χ0n) is 12.2. The molecule has 0 aromatic heterocycles. The Labute approximate surface area is 123 Å². The first-order chi connectivity index (χ1) is 9.09. The quantitative estimate of drug-likeness (QED) is 0.699. The van der Waals surface area contributed by atoms with Crippen molar-refractivity contribution in [3.05, 3.63) is 0 Å². The lowest BCUT2D eigenvalue weighted by atomic mass is 9.91. The van der Waals surface area contributed by atoms with Crippen molar-refractivity contribution in [2.45, 2.75) is 89.3 Å². The molecule has 0 radical (unpaired) electrons. The molecule has 19 heavy (non-hydrogen) atoms. The minimum Gasteiger partial charge on any atom is -0.321 e. The minimum atomic E-state index is -0.423. The van der Waals surface area contributed by atoms with E-state index in [1.54, 1.807) is 6.92 Å². The molecule has 0 bridgehead atoms. The molecule has 2 rings (SSSR count). The van der Waals surface area contributed by atoms with Crippen LogP contribution in [0.1, 0.15) is 71.1 Å². The standard InChI is InChI=1S/C12H23N.C3H7NOS/c1-3-7-11(8-4-1)13-12-9-5-2-6-10-12;1-2(4)3(5)6/h11-13H,1-10H2;2H,4H2,1H3,(H,5,6)/t;2-/m.0/s1. The monoisotopic (exact) mass is 286 g/mol. The van der Waals surface area contributed by atoms with Gasteiger partial charge in [0.2, 0.25) is 5.12 Å². The van der Waals surface area contributed by atoms with Crippen molar-refractivity contribution in [1.82, 2.24) is 5.32 Å². The van der Waals surface area contributed by atoms with Crippen LogP contribution < -0.4 is 11.1 Å². The molecular formula is C15H30N2OS. The summed E-state index contributed by atoms with van der Waals surface area (Å²) in [6.07, 6.45) is 14.6. The van der Waals surface area contributed by atoms with Gasteiger partial charge in [0, 0.05) is 12.1 Å². The van der Waals surface area contributed by atoms with Crippen LogP contribution in [-0.2, 0) is 4.79 Å². The maximum absolute atomic E-state index is 9.88. The highest BCUT2D eigenvalue weighted by Gasteiger charge is 2.19. The number of thiol groups is 1. The second-order valence-electron chi connectivity index (χ2n) is 5.96. The molecule has 0 aromatic rings. The van der Waals surface area contributed by atoms with E-state index in [2.05, 4.69) is 17.9 Å². The van der Waals surface area contributed by atoms with Crippen LogP contribution in [0.25, 0.3) is 0 Å². The smallest absolute Gasteiger partial charge is 0.202 e. The molecule has 0 aromatic carbocycles. The van der Waals surface area contributed by atoms with Crippen LogP contribution in [0.2, 0.25) is 0 Å². The Bertz CT molecular complexity index is 231. The van der Waals surface area contributed by atoms with Crippen molar-refractivity contribution in [3.8, 4) is 0 Å². The van der Waals surface area contributed by atoms with Crippen LogP contribution in [0, 0.1) is 0 Å². The Balaban J connectivity index is 0.000000258. The first kappa shape index (κ1) is 17.0. The molecule has 4 heteroatoms. The van der Waals surface area contributed by atoms with Crippen molar-refractivity contribution in [2.75, 3.05) is 0 Å². The molecule has 112 valence electrons. The lowest BCUT2D eigenvalue weighted by molar-refractivity contribution is -0.111. The van der Waals surface area contributed by atoms with Gasteiger partial charge in [0.05, 0.1) is 6.04 Å². The van der Waals surface area contributed by atoms with Crippen LogP contribution in [0.4, 0.5) is 0 Å². The topological polar surface area (TPSA) is 55.1 Å². The van der Waals surface area contributed by atoms with Crippen LogP contribution in [-0.4, -0.2) is 23.2 Å². The van der Waals surface area contributed by atoms with E-state index in [4.69, 9.17) is 5.73 Å². The highest BCUT2D eigenvalue weighted by atomic mass is 32.1. The van der Waals surface area contributed by atoms with Gasteiger partial charge in [-0.15, -0.1) is 12.6 Å². The summed E-state index contributed by atoms with van der Waals surface area (Å²) in [6.45, 7) is 1.59. The fourth-order valence-corrected chi connectivity index (χ4v) is 2.87. The molecule has 0 aliphatic heterocycles. The number of hydrogen-bond acceptors (Lipinski definition) is 3. The molecule has 0 heterocycles. The van der Waals surface area contributed by atoms with E-state index in [9.17, 15) is 4.79 Å². The molecule has 0 saturated heterocycles. The van der Waals surface area contributed by atoms with Gasteiger partial charge in [-0.2, -0.15) is 0 Å². The zero-order chi connectivity index (χ0) is 14.1. The van der Waals surface area contributed by atoms with Crippen LogP contribution in [0.15, 0.2) is 0 Å². The highest BCUT2D eigenvalue weighted by molar-refractivity contribution is 7.96. The van der Waals surface area contributed by atoms with E-state index in [0.717, 1.165) is 12.1 Å². The van der Waals surface area contributed by atoms with Crippen molar-refractivity contribution in [3.63, 3.8) is 0 Å². The summed E-state index contributed by atoms with van der Waals surface area (Å²) in [5.74, 6) is 0. The van der Waals surface area contributed by atoms with Gasteiger partial charge in [-0.25, -0.2) is 0 Å². The summed E-state index contributed by atoms with van der Waals surface area (Å²) in [5, 5.41) is 3.59. The number of carbonyl (C=O) groups is 1. The van der Waals surface area contributed by atoms with Crippen molar-refractivity contribution >= 4 is 17.7 Å². The Morgan fingerprint density at radius 3 is 1.58 bits per heavy atom. The fraction of sp³-hybridized carbons (Fsp3) is 0.933. The van der Waals surface area contributed by atoms with Crippen LogP contribution in [0.3, 0.4) is 0 Å². The van der Waals surface area contributed by atoms with E-state index >= 15 is 0 Å². The first-order valence-corrected chi connectivity index (χ1v) is 8.28. The molecule has 1 atom stereocenters. The van der Waals surface area contributed by atoms with Gasteiger partial charge in [-0.1, -0.05) is 38.5 Å². The summed E-state index contributed by atoms with van der Waals surface area (Å²) in [6, 6.07) is 1.32. The van der Waals surface area contributed by atoms with Gasteiger partial charge in [0.15, 0.2) is 0 Å². The molecule has 3 N–H and O–H groups in total. The number of nitrogens with two attached hydrogens (primary N) is 1. The Hall–Kier alpha value is -0.0600. The van der Waals surface area contributed by atoms with Gasteiger partial charge < -0.3 is 11.1 Å². The SMILES string of the molecule is C1CCC(NC2CCCCC2)CC1.C[C@H](N)C(=O)S. The first-order valence-electron chi connectivity index (χ1n) is 7.84. The van der Waals surface area contributed by atoms with Crippen LogP contribution in [0.5, 0.6) is 0 Å². The normalized spacial score (nSPS) is 23.3. The third kappa shape index (κ3) is 7.95. The molecule has 3 nitrogen and oxygen atoms in total. The molecule has 2 fully saturated rings. The number of rotatable bonds is 3. The Kier molecular flexibility index (Phi) is 8.75. The average molecular weight is 286 g/mol. The molecule has 2 saturated carbocycles. The molecular weight excluding hydrogens is 256 g/mol. The molecule has 0 spiro atoms. The summed E-state index contributed by atoms with van der Waals surface area (Å²) in [4.78, 5) is 9.88. The predicted molar refractivity (Wildman–Crippen MR) is 84.5 cm³/mol. The molecule has 2 aliphatic rings. The highest BCUT2D eigenvalue weighted by Crippen LogP contribution is 2.22. The minimum absolute atomic E-state index is 0.269. The zero-order valence-corrected chi connectivity index (χ0v) is 13.1. The Morgan fingerprint density at radius 1 is 1.00 bits per heavy atom. The van der Waals surface area contributed by atoms with E-state index in [1.165, 1.54) is 64.2 Å². The third-order valence-corrected chi connectivity index (χ3v) is 4.48. The van der Waals surface area contributed by atoms with E-state index in [-0.39, 0.29) is 5.12 Å². The van der Waals surface area contributed by atoms with Gasteiger partial charge in [0.1, 0.15) is 0 Å². The number of nitrogens with one attached hydrogen (secondary N) is 1. The lowest BCUT2D eigenvalue weighted by Gasteiger charge is -2.30. The van der Waals surface area contributed by atoms with Crippen molar-refractivity contribution in [2.24, 2.45) is 5.73 Å². The summed E-state index contributed by atoms with van der Waals surface area (Å²) in [5.41, 5.74) is 5.01. The largest absolute Gasteiger partial charge is 0.321 e. The second-order valence-corrected chi connectivity index (χ2v) is 6.40. The van der Waals surface area contributed by atoms with Crippen molar-refractivity contribution < 1.29 is 4.79 Å². The summed E-state index contributed by atoms with van der Waals surface area (Å²) < 4.78 is 0. The summed E-state index contributed by atoms with van der Waals surface area (Å²) in [7, 11) is 0. The fourth-order valence-electron chi connectivity index (χ4n) is 2.87. The number of carbonyl (C=O) groups excluding carboxylic acids is 1. The number of hydrogen-bond donors (Lipinski definition) is 3. The predicted octanol–water partition coefficient (Wildman–Crippen LogP) is 3.03. The average Bonchev–Trinajstić information content (AvgIpc) is 2.41. The maximum Gasteiger partial charge on any atom is 0.202 e. The second kappa shape index (κ2) is 9.78. The maximum atomic E-state index is 9.88. The third-order valence-electron chi connectivity index (χ3n) is 4.07. The van der Waals surface area contributed by atoms with E-state index < -0.39 is 6.04 Å². The molecule has 0 unspecified atom stereocenters. The molecule has 2 aliphatic carbocycles. The van der Waals surface area contributed by atoms with Gasteiger partial charge in [-0.3, -0.25) is 4.79 Å². The van der Waals surface area contributed by atoms with E-state index in [0.29, 0.717) is 0 Å². The van der Waals surface area contributed by atoms with Crippen molar-refractivity contribution in [1.29, 1.82) is 0 Å². The van der Waals surface area contributed by atoms with Gasteiger partial charge >= 0.3 is 0 Å². The lowest BCUT2D eigenvalue weighted by Crippen LogP contribution is -2.40. The van der Waals surface area contributed by atoms with Gasteiger partial charge in [-0.05, 0) is 32.6 Å². The van der Waals surface area contributed by atoms with E-state index in [1.807, 2.05) is 0 Å². The molecule has 0 amide bonds. The summed E-state index contributed by atoms with van der Waals surface area (Å²) >= 11 is 3.43.